The number of hydrogen-bond acceptors (Lipinski definition) is 0. The Morgan fingerprint density at radius 1 is 1.14 bits per heavy atom. The van der Waals surface area contributed by atoms with Crippen molar-refractivity contribution in [2.45, 2.75) is 0 Å². The molecule has 4 radical (unpaired) electrons. The minimum absolute atomic E-state index is 0. The van der Waals surface area contributed by atoms with Crippen LogP contribution in [0.25, 0.3) is 0 Å². The van der Waals surface area contributed by atoms with Gasteiger partial charge >= 0.3 is 33.3 Å². The third kappa shape index (κ3) is 39.9. The van der Waals surface area contributed by atoms with Crippen LogP contribution in [0.5, 0.6) is 0 Å². The van der Waals surface area contributed by atoms with Crippen LogP contribution in [0.15, 0.2) is 0 Å². The maximum absolute atomic E-state index is 4.67. The Labute approximate surface area is 122 Å². The van der Waals surface area contributed by atoms with E-state index in [1.807, 2.05) is 0 Å². The molecule has 0 saturated carbocycles. The smallest absolute Gasteiger partial charge is 0 e. The molecule has 0 N–H and O–H groups in total. The Kier molecular flexibility index (Phi) is 141. The average molecular weight is 354 g/mol. The first-order valence-corrected chi connectivity index (χ1v) is 2.82. The predicted molar refractivity (Wildman–Crippen MR) is 17.5 cm³/mol. The SMILES string of the molecule is [Ca].[Cl][Cu][Cl].[Co].[Mn].[Zn]. The minimum atomic E-state index is 0. The van der Waals surface area contributed by atoms with E-state index in [0.29, 0.717) is 0 Å². The number of rotatable bonds is 0. The van der Waals surface area contributed by atoms with E-state index < -0.39 is 0 Å². The summed E-state index contributed by atoms with van der Waals surface area (Å²) in [6, 6.07) is 0. The van der Waals surface area contributed by atoms with E-state index in [-0.39, 0.29) is 91.1 Å². The van der Waals surface area contributed by atoms with Gasteiger partial charge in [-0.05, 0) is 0 Å². The Morgan fingerprint density at radius 2 is 1.14 bits per heavy atom. The zero-order chi connectivity index (χ0) is 2.71. The molecule has 0 atom stereocenters. The molecule has 0 aliphatic carbocycles. The zero-order valence-electron chi connectivity index (χ0n) is 3.18. The summed E-state index contributed by atoms with van der Waals surface area (Å²) < 4.78 is 0. The first kappa shape index (κ1) is 30.5. The van der Waals surface area contributed by atoms with E-state index in [9.17, 15) is 0 Å². The Morgan fingerprint density at radius 3 is 1.14 bits per heavy atom. The molecular formula is CaCl2CoCuMnZn. The van der Waals surface area contributed by atoms with Crippen LogP contribution in [0, 0.1) is 0 Å². The molecule has 0 saturated heterocycles. The molecule has 0 heterocycles. The summed E-state index contributed by atoms with van der Waals surface area (Å²) in [5, 5.41) is 0. The maximum Gasteiger partial charge on any atom is 0 e. The van der Waals surface area contributed by atoms with Gasteiger partial charge in [0.25, 0.3) is 0 Å². The molecule has 0 aromatic rings. The van der Waals surface area contributed by atoms with E-state index in [4.69, 9.17) is 0 Å². The van der Waals surface area contributed by atoms with Gasteiger partial charge in [0.1, 0.15) is 0 Å². The van der Waals surface area contributed by atoms with Crippen LogP contribution in [-0.2, 0) is 66.5 Å². The van der Waals surface area contributed by atoms with E-state index in [0.717, 1.165) is 13.1 Å². The van der Waals surface area contributed by atoms with Crippen molar-refractivity contribution in [1.29, 1.82) is 0 Å². The monoisotopic (exact) mass is 351 g/mol. The van der Waals surface area contributed by atoms with Crippen molar-refractivity contribution >= 4 is 57.9 Å². The van der Waals surface area contributed by atoms with Crippen LogP contribution in [0.1, 0.15) is 0 Å². The van der Waals surface area contributed by atoms with Gasteiger partial charge in [0, 0.05) is 91.1 Å². The van der Waals surface area contributed by atoms with Crippen molar-refractivity contribution in [3.8, 4) is 0 Å². The van der Waals surface area contributed by atoms with Gasteiger partial charge in [0.05, 0.1) is 0 Å². The van der Waals surface area contributed by atoms with E-state index in [2.05, 4.69) is 20.2 Å². The molecule has 45 valence electrons. The van der Waals surface area contributed by atoms with Crippen molar-refractivity contribution < 1.29 is 66.5 Å². The molecular weight excluding hydrogens is 354 g/mol. The van der Waals surface area contributed by atoms with Gasteiger partial charge in [-0.15, -0.1) is 0 Å². The van der Waals surface area contributed by atoms with Gasteiger partial charge in [-0.1, -0.05) is 0 Å². The topological polar surface area (TPSA) is 0 Å². The van der Waals surface area contributed by atoms with Crippen LogP contribution in [0.4, 0.5) is 0 Å². The van der Waals surface area contributed by atoms with E-state index >= 15 is 0 Å². The fourth-order valence-electron chi connectivity index (χ4n) is 0. The van der Waals surface area contributed by atoms with Gasteiger partial charge < -0.3 is 0 Å². The molecule has 0 fully saturated rings. The standard InChI is InChI=1S/Ca.2ClH.Co.Cu.Mn.Zn/h;2*1H;;;;/q;;;;+2;;/p-2. The Bertz CT molecular complexity index is 17.7. The molecule has 0 amide bonds. The second-order valence-electron chi connectivity index (χ2n) is 0.0431. The Balaban J connectivity index is -0.00000000333. The molecule has 0 aliphatic rings. The van der Waals surface area contributed by atoms with Crippen LogP contribution in [-0.4, -0.2) is 37.7 Å². The molecule has 0 aliphatic heterocycles. The minimum Gasteiger partial charge on any atom is 0 e. The van der Waals surface area contributed by atoms with Gasteiger partial charge in [0.2, 0.25) is 0 Å². The van der Waals surface area contributed by atoms with E-state index in [1.54, 1.807) is 0 Å². The fraction of sp³-hybridized carbons (Fsp3) is 0. The van der Waals surface area contributed by atoms with Crippen molar-refractivity contribution in [2.24, 2.45) is 0 Å². The van der Waals surface area contributed by atoms with Gasteiger partial charge in [0.15, 0.2) is 0 Å². The summed E-state index contributed by atoms with van der Waals surface area (Å²) in [5.41, 5.74) is 0. The van der Waals surface area contributed by atoms with E-state index in [1.165, 1.54) is 0 Å². The predicted octanol–water partition coefficient (Wildman–Crippen LogP) is 0.988. The second-order valence-corrected chi connectivity index (χ2v) is 1.60. The van der Waals surface area contributed by atoms with Crippen molar-refractivity contribution in [3.05, 3.63) is 0 Å². The molecule has 0 nitrogen and oxygen atoms in total. The maximum atomic E-state index is 4.67. The molecule has 7 heavy (non-hydrogen) atoms. The summed E-state index contributed by atoms with van der Waals surface area (Å²) in [5.74, 6) is 0. The van der Waals surface area contributed by atoms with Crippen molar-refractivity contribution in [1.82, 2.24) is 0 Å². The molecule has 0 rings (SSSR count). The number of halogens is 2. The van der Waals surface area contributed by atoms with Crippen LogP contribution in [0.2, 0.25) is 0 Å². The van der Waals surface area contributed by atoms with Gasteiger partial charge in [-0.25, -0.2) is 0 Å². The summed E-state index contributed by atoms with van der Waals surface area (Å²) in [4.78, 5) is 0. The third-order valence-corrected chi connectivity index (χ3v) is 0. The quantitative estimate of drug-likeness (QED) is 0.570. The number of hydrogen-bond donors (Lipinski definition) is 0. The summed E-state index contributed by atoms with van der Waals surface area (Å²) >= 11 is 0.757. The molecule has 0 spiro atoms. The normalized spacial score (nSPS) is 3.14. The Hall–Kier alpha value is 4.01. The zero-order valence-corrected chi connectivity index (χ0v) is 13.0. The first-order chi connectivity index (χ1) is 1.41. The van der Waals surface area contributed by atoms with Crippen LogP contribution in [0.3, 0.4) is 0 Å². The van der Waals surface area contributed by atoms with Crippen LogP contribution >= 0.6 is 20.2 Å². The molecule has 0 aromatic carbocycles. The summed E-state index contributed by atoms with van der Waals surface area (Å²) in [6.45, 7) is 0. The van der Waals surface area contributed by atoms with Crippen LogP contribution < -0.4 is 0 Å². The van der Waals surface area contributed by atoms with Gasteiger partial charge in [-0.2, -0.15) is 0 Å². The summed E-state index contributed by atoms with van der Waals surface area (Å²) in [7, 11) is 9.34. The molecule has 7 heteroatoms. The molecule has 0 unspecified atom stereocenters. The molecule has 0 aromatic heterocycles. The molecule has 0 bridgehead atoms. The summed E-state index contributed by atoms with van der Waals surface area (Å²) in [6.07, 6.45) is 0. The fourth-order valence-corrected chi connectivity index (χ4v) is 0. The average Bonchev–Trinajstić information content (AvgIpc) is 0.918. The van der Waals surface area contributed by atoms with Gasteiger partial charge in [-0.3, -0.25) is 0 Å². The second kappa shape index (κ2) is 32.4. The van der Waals surface area contributed by atoms with Crippen molar-refractivity contribution in [2.75, 3.05) is 0 Å². The first-order valence-electron chi connectivity index (χ1n) is 0.228. The largest absolute Gasteiger partial charge is 0 e. The third-order valence-electron chi connectivity index (χ3n) is 0. The van der Waals surface area contributed by atoms with Crippen molar-refractivity contribution in [3.63, 3.8) is 0 Å².